The monoisotopic (exact) mass is 442 g/mol. The van der Waals surface area contributed by atoms with E-state index in [1.54, 1.807) is 45.0 Å². The number of hydrogen-bond donors (Lipinski definition) is 3. The van der Waals surface area contributed by atoms with Crippen LogP contribution in [0.3, 0.4) is 0 Å². The molecule has 0 aromatic heterocycles. The summed E-state index contributed by atoms with van der Waals surface area (Å²) in [6.45, 7) is 10.0. The predicted octanol–water partition coefficient (Wildman–Crippen LogP) is 2.38. The largest absolute Gasteiger partial charge is 0.417 e. The minimum absolute atomic E-state index is 0.152. The molecule has 0 aliphatic carbocycles. The van der Waals surface area contributed by atoms with Gasteiger partial charge in [-0.1, -0.05) is 18.2 Å². The first-order valence-corrected chi connectivity index (χ1v) is 11.4. The summed E-state index contributed by atoms with van der Waals surface area (Å²) in [6, 6.07) is 6.49. The van der Waals surface area contributed by atoms with Gasteiger partial charge in [-0.25, -0.2) is 23.8 Å². The molecule has 0 spiro atoms. The number of rotatable bonds is 6. The molecule has 0 amide bonds. The quantitative estimate of drug-likeness (QED) is 0.460. The Balaban J connectivity index is 1.89. The Morgan fingerprint density at radius 2 is 2.00 bits per heavy atom. The number of amidine groups is 1. The van der Waals surface area contributed by atoms with E-state index < -0.39 is 15.1 Å². The number of ether oxygens (including phenoxy) is 1. The van der Waals surface area contributed by atoms with Gasteiger partial charge >= 0.3 is 0 Å². The lowest BCUT2D eigenvalue weighted by Gasteiger charge is -2.13. The fourth-order valence-electron chi connectivity index (χ4n) is 2.98. The molecule has 10 heteroatoms. The summed E-state index contributed by atoms with van der Waals surface area (Å²) >= 11 is 0. The van der Waals surface area contributed by atoms with Crippen molar-refractivity contribution in [2.24, 2.45) is 15.1 Å². The first kappa shape index (κ1) is 22.6. The van der Waals surface area contributed by atoms with E-state index in [1.165, 1.54) is 0 Å². The molecule has 3 rings (SSSR count). The van der Waals surface area contributed by atoms with Crippen LogP contribution in [0.5, 0.6) is 0 Å². The second-order valence-electron chi connectivity index (χ2n) is 7.31. The Labute approximate surface area is 182 Å². The van der Waals surface area contributed by atoms with Gasteiger partial charge in [-0.2, -0.15) is 0 Å². The molecule has 9 nitrogen and oxygen atoms in total. The first-order chi connectivity index (χ1) is 14.7. The van der Waals surface area contributed by atoms with E-state index in [-0.39, 0.29) is 22.3 Å². The molecule has 3 N–H and O–H groups in total. The molecular formula is C21H26N6O3S. The van der Waals surface area contributed by atoms with E-state index in [2.05, 4.69) is 32.5 Å². The Morgan fingerprint density at radius 3 is 2.58 bits per heavy atom. The van der Waals surface area contributed by atoms with Crippen LogP contribution < -0.4 is 10.7 Å². The van der Waals surface area contributed by atoms with Crippen molar-refractivity contribution in [3.8, 4) is 0 Å². The zero-order valence-electron chi connectivity index (χ0n) is 17.8. The van der Waals surface area contributed by atoms with Crippen LogP contribution in [0.15, 0.2) is 67.5 Å². The van der Waals surface area contributed by atoms with E-state index in [0.717, 1.165) is 25.1 Å². The number of benzene rings is 1. The topological polar surface area (TPSA) is 128 Å². The number of nitrogens with one attached hydrogen (secondary N) is 3. The summed E-state index contributed by atoms with van der Waals surface area (Å²) < 4.78 is 30.5. The highest BCUT2D eigenvalue weighted by atomic mass is 32.2. The van der Waals surface area contributed by atoms with Gasteiger partial charge in [-0.3, -0.25) is 5.41 Å². The molecule has 0 saturated carbocycles. The van der Waals surface area contributed by atoms with Gasteiger partial charge in [-0.05, 0) is 58.2 Å². The van der Waals surface area contributed by atoms with E-state index in [1.807, 2.05) is 6.08 Å². The van der Waals surface area contributed by atoms with Crippen molar-refractivity contribution in [2.45, 2.75) is 37.3 Å². The van der Waals surface area contributed by atoms with Gasteiger partial charge in [0.1, 0.15) is 0 Å². The molecule has 0 unspecified atom stereocenters. The van der Waals surface area contributed by atoms with E-state index >= 15 is 0 Å². The third-order valence-corrected chi connectivity index (χ3v) is 7.07. The van der Waals surface area contributed by atoms with E-state index in [9.17, 15) is 8.42 Å². The summed E-state index contributed by atoms with van der Waals surface area (Å²) in [5, 5.41) is 15.1. The van der Waals surface area contributed by atoms with Crippen LogP contribution >= 0.6 is 0 Å². The predicted molar refractivity (Wildman–Crippen MR) is 123 cm³/mol. The van der Waals surface area contributed by atoms with Gasteiger partial charge < -0.3 is 10.1 Å². The van der Waals surface area contributed by atoms with Crippen LogP contribution in [0.25, 0.3) is 0 Å². The standard InChI is InChI=1S/C21H26N6O3S/c1-13(2)31(28,29)17-7-5-15(6-8-17)14(3)25-18(19(22)23-4)21-27-26-20(30-21)16-9-11-24-12-10-16/h5-9,13,22,24,27H,4,10-12H2,1-3H3. The minimum atomic E-state index is -3.35. The maximum Gasteiger partial charge on any atom is 0.245 e. The van der Waals surface area contributed by atoms with Crippen LogP contribution in [0.2, 0.25) is 0 Å². The lowest BCUT2D eigenvalue weighted by atomic mass is 10.1. The zero-order chi connectivity index (χ0) is 22.6. The van der Waals surface area contributed by atoms with Crippen molar-refractivity contribution < 1.29 is 13.2 Å². The van der Waals surface area contributed by atoms with Crippen LogP contribution in [-0.4, -0.2) is 50.9 Å². The Bertz CT molecular complexity index is 1110. The summed E-state index contributed by atoms with van der Waals surface area (Å²) in [4.78, 5) is 8.44. The van der Waals surface area contributed by atoms with Crippen LogP contribution in [0.1, 0.15) is 32.8 Å². The molecule has 31 heavy (non-hydrogen) atoms. The highest BCUT2D eigenvalue weighted by molar-refractivity contribution is 7.92. The molecule has 0 atom stereocenters. The zero-order valence-corrected chi connectivity index (χ0v) is 18.6. The molecule has 1 aromatic rings. The Kier molecular flexibility index (Phi) is 6.81. The van der Waals surface area contributed by atoms with Gasteiger partial charge in [0, 0.05) is 17.8 Å². The number of hydrogen-bond acceptors (Lipinski definition) is 8. The average Bonchev–Trinajstić information content (AvgIpc) is 3.27. The van der Waals surface area contributed by atoms with Crippen molar-refractivity contribution in [3.05, 3.63) is 53.1 Å². The summed E-state index contributed by atoms with van der Waals surface area (Å²) in [7, 11) is -3.35. The number of hydrazone groups is 1. The van der Waals surface area contributed by atoms with Crippen LogP contribution in [-0.2, 0) is 14.6 Å². The molecular weight excluding hydrogens is 416 g/mol. The minimum Gasteiger partial charge on any atom is -0.417 e. The molecule has 164 valence electrons. The fourth-order valence-corrected chi connectivity index (χ4v) is 4.04. The molecule has 2 aliphatic rings. The third kappa shape index (κ3) is 4.97. The van der Waals surface area contributed by atoms with Gasteiger partial charge in [0.05, 0.1) is 10.1 Å². The summed E-state index contributed by atoms with van der Waals surface area (Å²) in [5.74, 6) is 0.476. The second kappa shape index (κ2) is 9.36. The molecule has 1 aromatic carbocycles. The number of aliphatic imine (C=N–C) groups is 2. The average molecular weight is 443 g/mol. The van der Waals surface area contributed by atoms with Crippen molar-refractivity contribution in [1.29, 1.82) is 5.41 Å². The van der Waals surface area contributed by atoms with Crippen molar-refractivity contribution in [3.63, 3.8) is 0 Å². The highest BCUT2D eigenvalue weighted by Gasteiger charge is 2.24. The van der Waals surface area contributed by atoms with Crippen LogP contribution in [0, 0.1) is 5.41 Å². The smallest absolute Gasteiger partial charge is 0.245 e. The molecule has 0 bridgehead atoms. The third-order valence-electron chi connectivity index (χ3n) is 4.89. The van der Waals surface area contributed by atoms with Gasteiger partial charge in [0.2, 0.25) is 11.8 Å². The molecule has 0 saturated heterocycles. The Hall–Kier alpha value is -3.11. The van der Waals surface area contributed by atoms with Crippen molar-refractivity contribution in [2.75, 3.05) is 13.1 Å². The van der Waals surface area contributed by atoms with Crippen molar-refractivity contribution in [1.82, 2.24) is 10.7 Å². The van der Waals surface area contributed by atoms with Crippen molar-refractivity contribution >= 4 is 34.0 Å². The van der Waals surface area contributed by atoms with Crippen LogP contribution in [0.4, 0.5) is 0 Å². The van der Waals surface area contributed by atoms with Gasteiger partial charge in [0.25, 0.3) is 0 Å². The number of sulfone groups is 1. The van der Waals surface area contributed by atoms with Gasteiger partial charge in [-0.15, -0.1) is 5.10 Å². The molecule has 2 heterocycles. The van der Waals surface area contributed by atoms with E-state index in [0.29, 0.717) is 17.2 Å². The summed E-state index contributed by atoms with van der Waals surface area (Å²) in [6.07, 6.45) is 2.79. The second-order valence-corrected chi connectivity index (χ2v) is 9.82. The molecule has 0 radical (unpaired) electrons. The first-order valence-electron chi connectivity index (χ1n) is 9.85. The SMILES string of the molecule is C=NC(=N)C(N=C(C)c1ccc(S(=O)(=O)C(C)C)cc1)=C1NN=C(C2=CCNCC2)O1. The summed E-state index contributed by atoms with van der Waals surface area (Å²) in [5.41, 5.74) is 5.18. The maximum absolute atomic E-state index is 12.3. The lowest BCUT2D eigenvalue weighted by Crippen LogP contribution is -2.23. The normalized spacial score (nSPS) is 18.6. The highest BCUT2D eigenvalue weighted by Crippen LogP contribution is 2.21. The van der Waals surface area contributed by atoms with E-state index in [4.69, 9.17) is 10.1 Å². The van der Waals surface area contributed by atoms with Gasteiger partial charge in [0.15, 0.2) is 21.4 Å². The molecule has 2 aliphatic heterocycles. The molecule has 0 fully saturated rings. The lowest BCUT2D eigenvalue weighted by molar-refractivity contribution is 0.408. The fraction of sp³-hybridized carbons (Fsp3) is 0.333. The Morgan fingerprint density at radius 1 is 1.29 bits per heavy atom. The number of nitrogens with zero attached hydrogens (tertiary/aromatic N) is 3. The maximum atomic E-state index is 12.3.